The van der Waals surface area contributed by atoms with Gasteiger partial charge in [0.15, 0.2) is 23.1 Å². The highest BCUT2D eigenvalue weighted by Crippen LogP contribution is 2.39. The number of benzene rings is 2. The van der Waals surface area contributed by atoms with Gasteiger partial charge in [-0.05, 0) is 25.0 Å². The van der Waals surface area contributed by atoms with Crippen molar-refractivity contribution in [2.24, 2.45) is 0 Å². The highest BCUT2D eigenvalue weighted by molar-refractivity contribution is 5.83. The topological polar surface area (TPSA) is 77.0 Å². The second-order valence-corrected chi connectivity index (χ2v) is 7.59. The van der Waals surface area contributed by atoms with Crippen LogP contribution in [0.25, 0.3) is 22.5 Å². The van der Waals surface area contributed by atoms with E-state index in [1.165, 1.54) is 0 Å². The van der Waals surface area contributed by atoms with Crippen LogP contribution in [0.3, 0.4) is 0 Å². The van der Waals surface area contributed by atoms with Crippen molar-refractivity contribution in [2.45, 2.75) is 31.3 Å². The van der Waals surface area contributed by atoms with Crippen molar-refractivity contribution < 1.29 is 9.21 Å². The molecule has 2 aliphatic heterocycles. The van der Waals surface area contributed by atoms with Crippen LogP contribution in [-0.2, 0) is 11.2 Å². The Morgan fingerprint density at radius 1 is 1.03 bits per heavy atom. The van der Waals surface area contributed by atoms with Crippen LogP contribution in [0, 0.1) is 0 Å². The van der Waals surface area contributed by atoms with Crippen LogP contribution in [-0.4, -0.2) is 37.1 Å². The first kappa shape index (κ1) is 16.5. The van der Waals surface area contributed by atoms with Gasteiger partial charge in [-0.15, -0.1) is 5.10 Å². The van der Waals surface area contributed by atoms with Crippen molar-refractivity contribution in [3.8, 4) is 11.4 Å². The molecule has 0 bridgehead atoms. The summed E-state index contributed by atoms with van der Waals surface area (Å²) in [5.41, 5.74) is 2.48. The summed E-state index contributed by atoms with van der Waals surface area (Å²) in [4.78, 5) is 24.7. The lowest BCUT2D eigenvalue weighted by Crippen LogP contribution is -2.44. The monoisotopic (exact) mass is 385 g/mol. The number of carbonyl (C=O) groups excluding carboxylic acids is 1. The molecular formula is C22H19N5O2. The van der Waals surface area contributed by atoms with Gasteiger partial charge >= 0.3 is 0 Å². The number of rotatable bonds is 3. The molecule has 0 radical (unpaired) electrons. The van der Waals surface area contributed by atoms with E-state index in [1.54, 1.807) is 0 Å². The molecule has 0 spiro atoms. The number of fused-ring (bicyclic) bond motifs is 4. The first-order chi connectivity index (χ1) is 14.3. The fourth-order valence-electron chi connectivity index (χ4n) is 4.44. The third-order valence-electron chi connectivity index (χ3n) is 5.81. The van der Waals surface area contributed by atoms with Crippen LogP contribution in [0.1, 0.15) is 36.6 Å². The quantitative estimate of drug-likeness (QED) is 0.539. The molecule has 2 aromatic heterocycles. The normalized spacial score (nSPS) is 20.8. The van der Waals surface area contributed by atoms with Gasteiger partial charge in [-0.1, -0.05) is 42.5 Å². The summed E-state index contributed by atoms with van der Waals surface area (Å²) in [6.07, 6.45) is 2.27. The highest BCUT2D eigenvalue weighted by atomic mass is 16.3. The number of para-hydroxylation sites is 2. The van der Waals surface area contributed by atoms with Crippen LogP contribution in [0.15, 0.2) is 59.0 Å². The van der Waals surface area contributed by atoms with Crippen LogP contribution in [0.2, 0.25) is 0 Å². The summed E-state index contributed by atoms with van der Waals surface area (Å²) >= 11 is 0. The Morgan fingerprint density at radius 2 is 1.86 bits per heavy atom. The molecule has 144 valence electrons. The molecule has 0 N–H and O–H groups in total. The molecule has 29 heavy (non-hydrogen) atoms. The van der Waals surface area contributed by atoms with Crippen molar-refractivity contribution in [3.05, 3.63) is 66.3 Å². The van der Waals surface area contributed by atoms with Crippen molar-refractivity contribution in [1.82, 2.24) is 24.6 Å². The SMILES string of the molecule is O=C1[C@H](Cc2nc3ccccc3o2)n2nc(-c3ccccc3)nc2[C@@H]2CCCN12. The van der Waals surface area contributed by atoms with Crippen molar-refractivity contribution in [2.75, 3.05) is 6.54 Å². The maximum atomic E-state index is 13.3. The van der Waals surface area contributed by atoms with E-state index < -0.39 is 6.04 Å². The van der Waals surface area contributed by atoms with Crippen LogP contribution in [0.5, 0.6) is 0 Å². The maximum absolute atomic E-state index is 13.3. The van der Waals surface area contributed by atoms with E-state index in [0.717, 1.165) is 41.9 Å². The number of hydrogen-bond acceptors (Lipinski definition) is 5. The molecule has 7 nitrogen and oxygen atoms in total. The molecule has 0 unspecified atom stereocenters. The van der Waals surface area contributed by atoms with Crippen molar-refractivity contribution in [3.63, 3.8) is 0 Å². The summed E-state index contributed by atoms with van der Waals surface area (Å²) < 4.78 is 7.71. The summed E-state index contributed by atoms with van der Waals surface area (Å²) in [5.74, 6) is 2.14. The Hall–Kier alpha value is -3.48. The molecule has 1 amide bonds. The summed E-state index contributed by atoms with van der Waals surface area (Å²) in [6, 6.07) is 17.1. The highest BCUT2D eigenvalue weighted by Gasteiger charge is 2.44. The van der Waals surface area contributed by atoms with Crippen LogP contribution >= 0.6 is 0 Å². The predicted octanol–water partition coefficient (Wildman–Crippen LogP) is 3.55. The van der Waals surface area contributed by atoms with Gasteiger partial charge < -0.3 is 9.32 Å². The molecule has 7 heteroatoms. The third kappa shape index (κ3) is 2.57. The van der Waals surface area contributed by atoms with E-state index >= 15 is 0 Å². The Morgan fingerprint density at radius 3 is 2.72 bits per heavy atom. The van der Waals surface area contributed by atoms with E-state index in [4.69, 9.17) is 14.5 Å². The lowest BCUT2D eigenvalue weighted by atomic mass is 10.1. The summed E-state index contributed by atoms with van der Waals surface area (Å²) in [7, 11) is 0. The molecule has 6 rings (SSSR count). The van der Waals surface area contributed by atoms with Crippen molar-refractivity contribution in [1.29, 1.82) is 0 Å². The molecular weight excluding hydrogens is 366 g/mol. The zero-order valence-corrected chi connectivity index (χ0v) is 15.7. The van der Waals surface area contributed by atoms with Gasteiger partial charge in [0.25, 0.3) is 0 Å². The number of aromatic nitrogens is 4. The van der Waals surface area contributed by atoms with Gasteiger partial charge in [0.05, 0.1) is 12.5 Å². The fourth-order valence-corrected chi connectivity index (χ4v) is 4.44. The Bertz CT molecular complexity index is 1180. The molecule has 4 aromatic rings. The Labute approximate surface area is 167 Å². The largest absolute Gasteiger partial charge is 0.441 e. The zero-order valence-electron chi connectivity index (χ0n) is 15.7. The Kier molecular flexibility index (Phi) is 3.56. The number of oxazole rings is 1. The van der Waals surface area contributed by atoms with Crippen molar-refractivity contribution >= 4 is 17.0 Å². The summed E-state index contributed by atoms with van der Waals surface area (Å²) in [6.45, 7) is 0.765. The van der Waals surface area contributed by atoms with Crippen LogP contribution in [0.4, 0.5) is 0 Å². The van der Waals surface area contributed by atoms with Gasteiger partial charge in [0.1, 0.15) is 11.6 Å². The molecule has 2 atom stereocenters. The minimum Gasteiger partial charge on any atom is -0.441 e. The minimum absolute atomic E-state index is 0.00680. The molecule has 1 fully saturated rings. The van der Waals surface area contributed by atoms with E-state index in [9.17, 15) is 4.79 Å². The average Bonchev–Trinajstić information content (AvgIpc) is 3.48. The molecule has 2 aromatic carbocycles. The van der Waals surface area contributed by atoms with Gasteiger partial charge in [-0.3, -0.25) is 4.79 Å². The second-order valence-electron chi connectivity index (χ2n) is 7.59. The smallest absolute Gasteiger partial charge is 0.248 e. The first-order valence-corrected chi connectivity index (χ1v) is 9.95. The lowest BCUT2D eigenvalue weighted by molar-refractivity contribution is -0.138. The van der Waals surface area contributed by atoms with E-state index in [2.05, 4.69) is 4.98 Å². The standard InChI is InChI=1S/C22H19N5O2/c28-22-17(13-19-23-15-9-4-5-11-18(15)29-19)27-21(16-10-6-12-26(16)22)24-20(25-27)14-7-2-1-3-8-14/h1-5,7-9,11,16-17H,6,10,12-13H2/t16-,17-/m0/s1. The number of amides is 1. The minimum atomic E-state index is -0.489. The Balaban J connectivity index is 1.44. The molecule has 2 aliphatic rings. The van der Waals surface area contributed by atoms with Gasteiger partial charge in [0.2, 0.25) is 5.91 Å². The lowest BCUT2D eigenvalue weighted by Gasteiger charge is -2.34. The van der Waals surface area contributed by atoms with Gasteiger partial charge in [0, 0.05) is 12.1 Å². The number of carbonyl (C=O) groups is 1. The predicted molar refractivity (Wildman–Crippen MR) is 106 cm³/mol. The average molecular weight is 385 g/mol. The number of hydrogen-bond donors (Lipinski definition) is 0. The molecule has 1 saturated heterocycles. The molecule has 0 saturated carbocycles. The number of nitrogens with zero attached hydrogens (tertiary/aromatic N) is 5. The molecule has 0 aliphatic carbocycles. The zero-order chi connectivity index (χ0) is 19.4. The first-order valence-electron chi connectivity index (χ1n) is 9.95. The van der Waals surface area contributed by atoms with Crippen LogP contribution < -0.4 is 0 Å². The maximum Gasteiger partial charge on any atom is 0.248 e. The van der Waals surface area contributed by atoms with Gasteiger partial charge in [-0.25, -0.2) is 14.6 Å². The fraction of sp³-hybridized carbons (Fsp3) is 0.273. The summed E-state index contributed by atoms with van der Waals surface area (Å²) in [5, 5.41) is 4.75. The second kappa shape index (κ2) is 6.27. The molecule has 4 heterocycles. The van der Waals surface area contributed by atoms with E-state index in [0.29, 0.717) is 18.1 Å². The van der Waals surface area contributed by atoms with Gasteiger partial charge in [-0.2, -0.15) is 0 Å². The third-order valence-corrected chi connectivity index (χ3v) is 5.81. The van der Waals surface area contributed by atoms with E-state index in [-0.39, 0.29) is 11.9 Å². The van der Waals surface area contributed by atoms with E-state index in [1.807, 2.05) is 64.2 Å².